The lowest BCUT2D eigenvalue weighted by Gasteiger charge is -2.11. The van der Waals surface area contributed by atoms with Gasteiger partial charge in [-0.3, -0.25) is 9.59 Å². The van der Waals surface area contributed by atoms with Gasteiger partial charge in [-0.2, -0.15) is 0 Å². The standard InChI is InChI=1S/C22H26N4O5/c1-30-18-5-2-4-17(14-18)26-22(29)25-16-9-7-15(8-10-16)20(27)23-11-12-24-21(28)19-6-3-13-31-19/h2,4-5,7-10,14,19H,3,6,11-13H2,1H3,(H,23,27)(H,24,28)(H2,25,26,29). The van der Waals surface area contributed by atoms with E-state index < -0.39 is 6.03 Å². The van der Waals surface area contributed by atoms with Gasteiger partial charge >= 0.3 is 6.03 Å². The first-order valence-corrected chi connectivity index (χ1v) is 10.0. The average molecular weight is 426 g/mol. The Morgan fingerprint density at radius 3 is 2.45 bits per heavy atom. The molecule has 0 saturated carbocycles. The second-order valence-electron chi connectivity index (χ2n) is 6.94. The second-order valence-corrected chi connectivity index (χ2v) is 6.94. The number of nitrogens with one attached hydrogen (secondary N) is 4. The lowest BCUT2D eigenvalue weighted by molar-refractivity contribution is -0.129. The quantitative estimate of drug-likeness (QED) is 0.484. The molecule has 1 saturated heterocycles. The van der Waals surface area contributed by atoms with Crippen LogP contribution in [-0.4, -0.2) is 50.8 Å². The van der Waals surface area contributed by atoms with Crippen LogP contribution in [0.4, 0.5) is 16.2 Å². The van der Waals surface area contributed by atoms with Gasteiger partial charge in [0.2, 0.25) is 5.91 Å². The largest absolute Gasteiger partial charge is 0.497 e. The number of benzene rings is 2. The van der Waals surface area contributed by atoms with Crippen LogP contribution in [0.15, 0.2) is 48.5 Å². The molecule has 1 heterocycles. The molecule has 1 atom stereocenters. The summed E-state index contributed by atoms with van der Waals surface area (Å²) in [4.78, 5) is 36.2. The maximum Gasteiger partial charge on any atom is 0.323 e. The normalized spacial score (nSPS) is 15.1. The Bertz CT molecular complexity index is 910. The molecule has 2 aromatic rings. The molecule has 0 aromatic heterocycles. The summed E-state index contributed by atoms with van der Waals surface area (Å²) in [6.07, 6.45) is 1.25. The van der Waals surface area contributed by atoms with E-state index in [0.29, 0.717) is 42.4 Å². The van der Waals surface area contributed by atoms with Crippen LogP contribution in [0.3, 0.4) is 0 Å². The summed E-state index contributed by atoms with van der Waals surface area (Å²) in [6.45, 7) is 1.25. The molecule has 9 heteroatoms. The van der Waals surface area contributed by atoms with Gasteiger partial charge in [0.05, 0.1) is 7.11 Å². The zero-order chi connectivity index (χ0) is 22.1. The molecular weight excluding hydrogens is 400 g/mol. The highest BCUT2D eigenvalue weighted by Crippen LogP contribution is 2.17. The van der Waals surface area contributed by atoms with E-state index >= 15 is 0 Å². The van der Waals surface area contributed by atoms with Crippen LogP contribution in [0.2, 0.25) is 0 Å². The fourth-order valence-electron chi connectivity index (χ4n) is 3.06. The van der Waals surface area contributed by atoms with E-state index in [1.165, 1.54) is 0 Å². The molecule has 31 heavy (non-hydrogen) atoms. The summed E-state index contributed by atoms with van der Waals surface area (Å²) in [5.41, 5.74) is 1.59. The lowest BCUT2D eigenvalue weighted by atomic mass is 10.2. The first-order valence-electron chi connectivity index (χ1n) is 10.0. The smallest absolute Gasteiger partial charge is 0.323 e. The molecule has 164 valence electrons. The van der Waals surface area contributed by atoms with Crippen molar-refractivity contribution in [1.82, 2.24) is 10.6 Å². The minimum absolute atomic E-state index is 0.144. The zero-order valence-electron chi connectivity index (χ0n) is 17.3. The van der Waals surface area contributed by atoms with E-state index in [0.717, 1.165) is 12.8 Å². The van der Waals surface area contributed by atoms with E-state index in [4.69, 9.17) is 9.47 Å². The van der Waals surface area contributed by atoms with Crippen LogP contribution >= 0.6 is 0 Å². The first kappa shape index (κ1) is 22.1. The summed E-state index contributed by atoms with van der Waals surface area (Å²) >= 11 is 0. The Morgan fingerprint density at radius 2 is 1.74 bits per heavy atom. The van der Waals surface area contributed by atoms with E-state index in [9.17, 15) is 14.4 Å². The van der Waals surface area contributed by atoms with Gasteiger partial charge in [-0.1, -0.05) is 6.07 Å². The van der Waals surface area contributed by atoms with Crippen LogP contribution in [0.1, 0.15) is 23.2 Å². The predicted octanol–water partition coefficient (Wildman–Crippen LogP) is 2.36. The number of carbonyl (C=O) groups excluding carboxylic acids is 3. The van der Waals surface area contributed by atoms with Gasteiger partial charge in [-0.25, -0.2) is 4.79 Å². The molecule has 4 amide bonds. The van der Waals surface area contributed by atoms with E-state index in [2.05, 4.69) is 21.3 Å². The maximum atomic E-state index is 12.2. The topological polar surface area (TPSA) is 118 Å². The van der Waals surface area contributed by atoms with Crippen molar-refractivity contribution in [1.29, 1.82) is 0 Å². The number of ether oxygens (including phenoxy) is 2. The van der Waals surface area contributed by atoms with Gasteiger partial charge in [-0.05, 0) is 49.2 Å². The Hall–Kier alpha value is -3.59. The van der Waals surface area contributed by atoms with E-state index in [-0.39, 0.29) is 17.9 Å². The first-order chi connectivity index (χ1) is 15.0. The Morgan fingerprint density at radius 1 is 1.00 bits per heavy atom. The second kappa shape index (κ2) is 11.0. The summed E-state index contributed by atoms with van der Waals surface area (Å²) in [7, 11) is 1.55. The van der Waals surface area contributed by atoms with E-state index in [1.807, 2.05) is 0 Å². The van der Waals surface area contributed by atoms with E-state index in [1.54, 1.807) is 55.6 Å². The maximum absolute atomic E-state index is 12.2. The monoisotopic (exact) mass is 426 g/mol. The van der Waals surface area contributed by atoms with Crippen LogP contribution in [0, 0.1) is 0 Å². The number of anilines is 2. The predicted molar refractivity (Wildman–Crippen MR) is 116 cm³/mol. The van der Waals surface area contributed by atoms with Crippen molar-refractivity contribution >= 4 is 29.2 Å². The molecule has 9 nitrogen and oxygen atoms in total. The van der Waals surface area contributed by atoms with Crippen LogP contribution < -0.4 is 26.0 Å². The molecule has 0 bridgehead atoms. The highest BCUT2D eigenvalue weighted by Gasteiger charge is 2.22. The molecule has 3 rings (SSSR count). The van der Waals surface area contributed by atoms with Gasteiger partial charge in [-0.15, -0.1) is 0 Å². The minimum atomic E-state index is -0.410. The third kappa shape index (κ3) is 6.71. The number of carbonyl (C=O) groups is 3. The van der Waals surface area contributed by atoms with Crippen LogP contribution in [0.25, 0.3) is 0 Å². The van der Waals surface area contributed by atoms with Gasteiger partial charge in [0.1, 0.15) is 11.9 Å². The number of hydrogen-bond acceptors (Lipinski definition) is 5. The van der Waals surface area contributed by atoms with Gasteiger partial charge < -0.3 is 30.7 Å². The number of rotatable bonds is 8. The number of hydrogen-bond donors (Lipinski definition) is 4. The Kier molecular flexibility index (Phi) is 7.83. The molecule has 1 unspecified atom stereocenters. The molecule has 0 radical (unpaired) electrons. The zero-order valence-corrected chi connectivity index (χ0v) is 17.3. The Labute approximate surface area is 180 Å². The minimum Gasteiger partial charge on any atom is -0.497 e. The molecular formula is C22H26N4O5. The average Bonchev–Trinajstić information content (AvgIpc) is 3.32. The van der Waals surface area contributed by atoms with Crippen molar-refractivity contribution in [3.63, 3.8) is 0 Å². The Balaban J connectivity index is 1.40. The third-order valence-electron chi connectivity index (χ3n) is 4.66. The van der Waals surface area contributed by atoms with Crippen molar-refractivity contribution in [3.8, 4) is 5.75 Å². The fourth-order valence-corrected chi connectivity index (χ4v) is 3.06. The van der Waals surface area contributed by atoms with Crippen molar-refractivity contribution in [2.75, 3.05) is 37.4 Å². The third-order valence-corrected chi connectivity index (χ3v) is 4.66. The number of urea groups is 1. The molecule has 1 aliphatic rings. The SMILES string of the molecule is COc1cccc(NC(=O)Nc2ccc(C(=O)NCCNC(=O)C3CCCO3)cc2)c1. The summed E-state index contributed by atoms with van der Waals surface area (Å²) in [6, 6.07) is 13.1. The fraction of sp³-hybridized carbons (Fsp3) is 0.318. The van der Waals surface area contributed by atoms with Gasteiger partial charge in [0.25, 0.3) is 5.91 Å². The van der Waals surface area contributed by atoms with Crippen molar-refractivity contribution < 1.29 is 23.9 Å². The molecule has 4 N–H and O–H groups in total. The van der Waals surface area contributed by atoms with Gasteiger partial charge in [0.15, 0.2) is 0 Å². The number of amides is 4. The highest BCUT2D eigenvalue weighted by atomic mass is 16.5. The summed E-state index contributed by atoms with van der Waals surface area (Å²) < 4.78 is 10.4. The molecule has 1 fully saturated rings. The molecule has 1 aliphatic heterocycles. The summed E-state index contributed by atoms with van der Waals surface area (Å²) in [5, 5.41) is 10.9. The summed E-state index contributed by atoms with van der Waals surface area (Å²) in [5.74, 6) is 0.229. The molecule has 0 spiro atoms. The van der Waals surface area contributed by atoms with Crippen LogP contribution in [-0.2, 0) is 9.53 Å². The molecule has 0 aliphatic carbocycles. The lowest BCUT2D eigenvalue weighted by Crippen LogP contribution is -2.39. The van der Waals surface area contributed by atoms with Crippen LogP contribution in [0.5, 0.6) is 5.75 Å². The van der Waals surface area contributed by atoms with Crippen molar-refractivity contribution in [2.24, 2.45) is 0 Å². The molecule has 2 aromatic carbocycles. The van der Waals surface area contributed by atoms with Gasteiger partial charge in [0, 0.05) is 42.7 Å². The van der Waals surface area contributed by atoms with Crippen molar-refractivity contribution in [2.45, 2.75) is 18.9 Å². The number of methoxy groups -OCH3 is 1. The highest BCUT2D eigenvalue weighted by molar-refractivity contribution is 6.00. The van der Waals surface area contributed by atoms with Crippen molar-refractivity contribution in [3.05, 3.63) is 54.1 Å².